The minimum absolute atomic E-state index is 0.00164. The van der Waals surface area contributed by atoms with Gasteiger partial charge < -0.3 is 25.0 Å². The fourth-order valence-corrected chi connectivity index (χ4v) is 7.05. The van der Waals surface area contributed by atoms with Crippen molar-refractivity contribution in [2.24, 2.45) is 11.8 Å². The summed E-state index contributed by atoms with van der Waals surface area (Å²) in [5.41, 5.74) is 1.50. The number of hydrogen-bond donors (Lipinski definition) is 3. The molecule has 0 spiro atoms. The summed E-state index contributed by atoms with van der Waals surface area (Å²) >= 11 is 0. The van der Waals surface area contributed by atoms with Gasteiger partial charge in [-0.05, 0) is 54.4 Å². The molecule has 214 valence electrons. The van der Waals surface area contributed by atoms with Crippen LogP contribution >= 0.6 is 0 Å². The number of benzene rings is 2. The highest BCUT2D eigenvalue weighted by atomic mass is 32.2. The van der Waals surface area contributed by atoms with Crippen LogP contribution in [0.1, 0.15) is 44.2 Å². The standard InChI is InChI=1S/C29H40N2O7S/c1-20(2)17-31(39(35,36)25-10-8-22(19-32)9-11-25)18-27(33)26(14-21-6-4-3-5-7-21)30-29(34)38-24-15-23-12-13-37-28(23)16-24/h3-11,20,23-24,26-28,32-33H,12-19H2,1-2H3,(H,30,34)/t23-,24+,26-,27+,28+/m0/s1. The molecule has 2 aromatic carbocycles. The van der Waals surface area contributed by atoms with Gasteiger partial charge in [-0.25, -0.2) is 13.2 Å². The number of sulfonamides is 1. The van der Waals surface area contributed by atoms with Gasteiger partial charge in [-0.3, -0.25) is 0 Å². The number of fused-ring (bicyclic) bond motifs is 1. The van der Waals surface area contributed by atoms with E-state index >= 15 is 0 Å². The molecule has 5 atom stereocenters. The molecule has 39 heavy (non-hydrogen) atoms. The zero-order valence-electron chi connectivity index (χ0n) is 22.6. The molecule has 2 aliphatic rings. The van der Waals surface area contributed by atoms with Crippen LogP contribution in [0.4, 0.5) is 4.79 Å². The second-order valence-corrected chi connectivity index (χ2v) is 12.9. The molecular formula is C29H40N2O7S. The lowest BCUT2D eigenvalue weighted by Crippen LogP contribution is -2.51. The van der Waals surface area contributed by atoms with Crippen LogP contribution in [0.5, 0.6) is 0 Å². The first-order chi connectivity index (χ1) is 18.7. The second-order valence-electron chi connectivity index (χ2n) is 11.0. The summed E-state index contributed by atoms with van der Waals surface area (Å²) in [7, 11) is -3.94. The van der Waals surface area contributed by atoms with Crippen LogP contribution in [0.25, 0.3) is 0 Å². The molecule has 3 N–H and O–H groups in total. The Morgan fingerprint density at radius 1 is 1.08 bits per heavy atom. The molecule has 1 saturated carbocycles. The van der Waals surface area contributed by atoms with Crippen LogP contribution in [-0.2, 0) is 32.5 Å². The Balaban J connectivity index is 1.49. The highest BCUT2D eigenvalue weighted by molar-refractivity contribution is 7.89. The lowest BCUT2D eigenvalue weighted by atomic mass is 10.0. The van der Waals surface area contributed by atoms with E-state index < -0.39 is 28.3 Å². The van der Waals surface area contributed by atoms with Crippen molar-refractivity contribution in [3.8, 4) is 0 Å². The number of nitrogens with zero attached hydrogens (tertiary/aromatic N) is 1. The average molecular weight is 561 g/mol. The quantitative estimate of drug-likeness (QED) is 0.364. The molecule has 2 aromatic rings. The van der Waals surface area contributed by atoms with Gasteiger partial charge >= 0.3 is 6.09 Å². The topological polar surface area (TPSA) is 125 Å². The van der Waals surface area contributed by atoms with Crippen LogP contribution in [0.15, 0.2) is 59.5 Å². The van der Waals surface area contributed by atoms with Crippen molar-refractivity contribution in [1.82, 2.24) is 9.62 Å². The van der Waals surface area contributed by atoms with Crippen molar-refractivity contribution in [3.05, 3.63) is 65.7 Å². The first kappa shape index (κ1) is 29.5. The van der Waals surface area contributed by atoms with Gasteiger partial charge in [0.2, 0.25) is 10.0 Å². The summed E-state index contributed by atoms with van der Waals surface area (Å²) in [5, 5.41) is 23.5. The Morgan fingerprint density at radius 2 is 1.79 bits per heavy atom. The fourth-order valence-electron chi connectivity index (χ4n) is 5.43. The molecule has 0 bridgehead atoms. The lowest BCUT2D eigenvalue weighted by Gasteiger charge is -2.31. The number of amides is 1. The molecule has 9 nitrogen and oxygen atoms in total. The number of carbonyl (C=O) groups excluding carboxylic acids is 1. The second kappa shape index (κ2) is 13.2. The first-order valence-corrected chi connectivity index (χ1v) is 15.1. The van der Waals surface area contributed by atoms with Crippen LogP contribution < -0.4 is 5.32 Å². The maximum absolute atomic E-state index is 13.6. The number of aliphatic hydroxyl groups excluding tert-OH is 2. The highest BCUT2D eigenvalue weighted by Gasteiger charge is 2.40. The molecule has 0 radical (unpaired) electrons. The number of rotatable bonds is 12. The smallest absolute Gasteiger partial charge is 0.407 e. The minimum atomic E-state index is -3.94. The van der Waals surface area contributed by atoms with Gasteiger partial charge in [-0.15, -0.1) is 0 Å². The van der Waals surface area contributed by atoms with Crippen molar-refractivity contribution < 1.29 is 32.9 Å². The normalized spacial score (nSPS) is 22.6. The van der Waals surface area contributed by atoms with E-state index in [4.69, 9.17) is 9.47 Å². The maximum Gasteiger partial charge on any atom is 0.407 e. The largest absolute Gasteiger partial charge is 0.446 e. The van der Waals surface area contributed by atoms with E-state index in [9.17, 15) is 23.4 Å². The monoisotopic (exact) mass is 560 g/mol. The molecule has 1 aliphatic heterocycles. The predicted molar refractivity (Wildman–Crippen MR) is 146 cm³/mol. The van der Waals surface area contributed by atoms with Crippen LogP contribution in [0.2, 0.25) is 0 Å². The zero-order valence-corrected chi connectivity index (χ0v) is 23.4. The number of ether oxygens (including phenoxy) is 2. The molecule has 1 amide bonds. The molecule has 1 heterocycles. The van der Waals surface area contributed by atoms with Crippen molar-refractivity contribution >= 4 is 16.1 Å². The van der Waals surface area contributed by atoms with E-state index in [1.165, 1.54) is 16.4 Å². The number of aliphatic hydroxyl groups is 2. The third-order valence-electron chi connectivity index (χ3n) is 7.45. The van der Waals surface area contributed by atoms with Gasteiger partial charge in [0.05, 0.1) is 29.8 Å². The average Bonchev–Trinajstić information content (AvgIpc) is 3.50. The van der Waals surface area contributed by atoms with Gasteiger partial charge in [0.1, 0.15) is 6.10 Å². The molecule has 2 fully saturated rings. The van der Waals surface area contributed by atoms with Crippen molar-refractivity contribution in [3.63, 3.8) is 0 Å². The molecule has 0 aromatic heterocycles. The van der Waals surface area contributed by atoms with Crippen molar-refractivity contribution in [2.45, 2.75) is 75.4 Å². The first-order valence-electron chi connectivity index (χ1n) is 13.7. The molecule has 1 aliphatic carbocycles. The van der Waals surface area contributed by atoms with E-state index in [1.54, 1.807) is 12.1 Å². The van der Waals surface area contributed by atoms with E-state index in [0.29, 0.717) is 24.3 Å². The number of carbonyl (C=O) groups is 1. The predicted octanol–water partition coefficient (Wildman–Crippen LogP) is 3.09. The van der Waals surface area contributed by atoms with Crippen LogP contribution in [-0.4, -0.2) is 73.1 Å². The summed E-state index contributed by atoms with van der Waals surface area (Å²) in [6.45, 7) is 4.35. The van der Waals surface area contributed by atoms with E-state index in [1.807, 2.05) is 44.2 Å². The third kappa shape index (κ3) is 7.79. The van der Waals surface area contributed by atoms with Crippen LogP contribution in [0.3, 0.4) is 0 Å². The molecular weight excluding hydrogens is 520 g/mol. The zero-order chi connectivity index (χ0) is 28.0. The molecule has 4 rings (SSSR count). The van der Waals surface area contributed by atoms with Gasteiger partial charge in [-0.1, -0.05) is 56.3 Å². The van der Waals surface area contributed by atoms with Crippen molar-refractivity contribution in [2.75, 3.05) is 19.7 Å². The summed E-state index contributed by atoms with van der Waals surface area (Å²) in [5.74, 6) is 0.410. The molecule has 0 unspecified atom stereocenters. The Morgan fingerprint density at radius 3 is 2.44 bits per heavy atom. The van der Waals surface area contributed by atoms with Gasteiger partial charge in [0.15, 0.2) is 0 Å². The maximum atomic E-state index is 13.6. The SMILES string of the molecule is CC(C)CN(C[C@@H](O)[C@H](Cc1ccccc1)NC(=O)O[C@@H]1C[C@@H]2CCO[C@@H]2C1)S(=O)(=O)c1ccc(CO)cc1. The Bertz CT molecular complexity index is 1160. The fraction of sp³-hybridized carbons (Fsp3) is 0.552. The van der Waals surface area contributed by atoms with Gasteiger partial charge in [-0.2, -0.15) is 4.31 Å². The van der Waals surface area contributed by atoms with Gasteiger partial charge in [0, 0.05) is 26.1 Å². The summed E-state index contributed by atoms with van der Waals surface area (Å²) < 4.78 is 39.8. The highest BCUT2D eigenvalue weighted by Crippen LogP contribution is 2.37. The van der Waals surface area contributed by atoms with Gasteiger partial charge in [0.25, 0.3) is 0 Å². The van der Waals surface area contributed by atoms with E-state index in [0.717, 1.165) is 25.0 Å². The Labute approximate surface area is 231 Å². The minimum Gasteiger partial charge on any atom is -0.446 e. The van der Waals surface area contributed by atoms with Crippen molar-refractivity contribution in [1.29, 1.82) is 0 Å². The van der Waals surface area contributed by atoms with E-state index in [2.05, 4.69) is 5.32 Å². The number of alkyl carbamates (subject to hydrolysis) is 1. The Kier molecular flexibility index (Phi) is 10.0. The van der Waals surface area contributed by atoms with Crippen LogP contribution in [0, 0.1) is 11.8 Å². The molecule has 10 heteroatoms. The number of nitrogens with one attached hydrogen (secondary N) is 1. The van der Waals surface area contributed by atoms with E-state index in [-0.39, 0.29) is 42.7 Å². The summed E-state index contributed by atoms with van der Waals surface area (Å²) in [6.07, 6.45) is 0.775. The third-order valence-corrected chi connectivity index (χ3v) is 9.30. The number of hydrogen-bond acceptors (Lipinski definition) is 7. The Hall–Kier alpha value is -2.50. The summed E-state index contributed by atoms with van der Waals surface area (Å²) in [4.78, 5) is 13.0. The lowest BCUT2D eigenvalue weighted by molar-refractivity contribution is 0.0554. The summed E-state index contributed by atoms with van der Waals surface area (Å²) in [6, 6.07) is 14.7. The molecule has 1 saturated heterocycles.